The molecule has 5 nitrogen and oxygen atoms in total. The molecular weight excluding hydrogens is 370 g/mol. The van der Waals surface area contributed by atoms with Crippen LogP contribution in [0.25, 0.3) is 10.2 Å². The van der Waals surface area contributed by atoms with Crippen LogP contribution < -0.4 is 9.64 Å². The van der Waals surface area contributed by atoms with Crippen molar-refractivity contribution in [2.45, 2.75) is 12.8 Å². The number of hydrogen-bond donors (Lipinski definition) is 0. The van der Waals surface area contributed by atoms with Gasteiger partial charge in [-0.3, -0.25) is 4.79 Å². The first-order chi connectivity index (χ1) is 13.8. The zero-order valence-electron chi connectivity index (χ0n) is 15.7. The zero-order valence-corrected chi connectivity index (χ0v) is 16.5. The van der Waals surface area contributed by atoms with Gasteiger partial charge in [0, 0.05) is 32.1 Å². The number of benzene rings is 2. The average molecular weight is 394 g/mol. The number of aromatic nitrogens is 1. The second-order valence-electron chi connectivity index (χ2n) is 7.42. The number of hydrogen-bond acceptors (Lipinski definition) is 5. The highest BCUT2D eigenvalue weighted by Gasteiger charge is 2.30. The summed E-state index contributed by atoms with van der Waals surface area (Å²) in [7, 11) is 0. The lowest BCUT2D eigenvalue weighted by Crippen LogP contribution is -2.50. The van der Waals surface area contributed by atoms with Gasteiger partial charge >= 0.3 is 0 Å². The Labute approximate surface area is 168 Å². The van der Waals surface area contributed by atoms with Crippen molar-refractivity contribution in [2.24, 2.45) is 5.92 Å². The van der Waals surface area contributed by atoms with Crippen LogP contribution in [0.3, 0.4) is 0 Å². The van der Waals surface area contributed by atoms with E-state index in [2.05, 4.69) is 29.2 Å². The van der Waals surface area contributed by atoms with Crippen molar-refractivity contribution in [1.29, 1.82) is 0 Å². The number of para-hydroxylation sites is 2. The Morgan fingerprint density at radius 2 is 1.82 bits per heavy atom. The SMILES string of the molecule is O=C(C1CCOc2ccccc2C1)N1CCN(c2nc3ccccc3s2)CC1. The van der Waals surface area contributed by atoms with Crippen molar-refractivity contribution in [2.75, 3.05) is 37.7 Å². The summed E-state index contributed by atoms with van der Waals surface area (Å²) < 4.78 is 7.05. The number of rotatable bonds is 2. The van der Waals surface area contributed by atoms with Crippen molar-refractivity contribution in [3.63, 3.8) is 0 Å². The van der Waals surface area contributed by atoms with Crippen LogP contribution in [0.5, 0.6) is 5.75 Å². The fourth-order valence-corrected chi connectivity index (χ4v) is 5.09. The third-order valence-electron chi connectivity index (χ3n) is 5.66. The molecule has 144 valence electrons. The molecule has 2 aliphatic heterocycles. The maximum Gasteiger partial charge on any atom is 0.226 e. The fraction of sp³-hybridized carbons (Fsp3) is 0.364. The number of nitrogens with zero attached hydrogens (tertiary/aromatic N) is 3. The molecule has 28 heavy (non-hydrogen) atoms. The Kier molecular flexibility index (Phi) is 4.64. The van der Waals surface area contributed by atoms with E-state index in [1.807, 2.05) is 29.2 Å². The highest BCUT2D eigenvalue weighted by Crippen LogP contribution is 2.30. The van der Waals surface area contributed by atoms with Gasteiger partial charge in [-0.15, -0.1) is 0 Å². The van der Waals surface area contributed by atoms with Crippen LogP contribution in [-0.4, -0.2) is 48.6 Å². The van der Waals surface area contributed by atoms with Crippen LogP contribution in [0, 0.1) is 5.92 Å². The summed E-state index contributed by atoms with van der Waals surface area (Å²) in [5, 5.41) is 1.06. The molecule has 5 rings (SSSR count). The van der Waals surface area contributed by atoms with Crippen molar-refractivity contribution in [3.8, 4) is 5.75 Å². The molecule has 1 aromatic heterocycles. The lowest BCUT2D eigenvalue weighted by Gasteiger charge is -2.36. The molecule has 0 spiro atoms. The number of ether oxygens (including phenoxy) is 1. The van der Waals surface area contributed by atoms with Gasteiger partial charge in [-0.1, -0.05) is 41.7 Å². The van der Waals surface area contributed by atoms with Gasteiger partial charge in [-0.05, 0) is 36.6 Å². The maximum atomic E-state index is 13.1. The van der Waals surface area contributed by atoms with Crippen LogP contribution in [-0.2, 0) is 11.2 Å². The zero-order chi connectivity index (χ0) is 18.9. The maximum absolute atomic E-state index is 13.1. The van der Waals surface area contributed by atoms with Crippen molar-refractivity contribution in [1.82, 2.24) is 9.88 Å². The molecule has 3 heterocycles. The Hall–Kier alpha value is -2.60. The van der Waals surface area contributed by atoms with Crippen LogP contribution in [0.4, 0.5) is 5.13 Å². The van der Waals surface area contributed by atoms with Crippen LogP contribution in [0.15, 0.2) is 48.5 Å². The normalized spacial score (nSPS) is 19.8. The van der Waals surface area contributed by atoms with Crippen molar-refractivity contribution >= 4 is 32.6 Å². The molecule has 0 bridgehead atoms. The molecule has 2 aromatic carbocycles. The van der Waals surface area contributed by atoms with Gasteiger partial charge in [0.05, 0.1) is 16.8 Å². The topological polar surface area (TPSA) is 45.7 Å². The highest BCUT2D eigenvalue weighted by molar-refractivity contribution is 7.22. The summed E-state index contributed by atoms with van der Waals surface area (Å²) in [4.78, 5) is 22.2. The van der Waals surface area contributed by atoms with E-state index in [1.165, 1.54) is 4.70 Å². The van der Waals surface area contributed by atoms with Crippen molar-refractivity contribution in [3.05, 3.63) is 54.1 Å². The van der Waals surface area contributed by atoms with Crippen LogP contribution in [0.1, 0.15) is 12.0 Å². The molecule has 1 amide bonds. The summed E-state index contributed by atoms with van der Waals surface area (Å²) in [5.74, 6) is 1.21. The molecule has 1 unspecified atom stereocenters. The fourth-order valence-electron chi connectivity index (χ4n) is 4.07. The predicted octanol–water partition coefficient (Wildman–Crippen LogP) is 3.59. The molecule has 0 radical (unpaired) electrons. The van der Waals surface area contributed by atoms with E-state index in [4.69, 9.17) is 9.72 Å². The lowest BCUT2D eigenvalue weighted by atomic mass is 9.95. The van der Waals surface area contributed by atoms with Gasteiger partial charge in [-0.25, -0.2) is 4.98 Å². The molecule has 0 N–H and O–H groups in total. The van der Waals surface area contributed by atoms with Gasteiger partial charge in [-0.2, -0.15) is 0 Å². The molecule has 0 saturated carbocycles. The first kappa shape index (κ1) is 17.5. The lowest BCUT2D eigenvalue weighted by molar-refractivity contribution is -0.136. The van der Waals surface area contributed by atoms with E-state index in [1.54, 1.807) is 11.3 Å². The number of piperazine rings is 1. The Balaban J connectivity index is 1.24. The quantitative estimate of drug-likeness (QED) is 0.668. The first-order valence-electron chi connectivity index (χ1n) is 9.88. The summed E-state index contributed by atoms with van der Waals surface area (Å²) >= 11 is 1.73. The number of carbonyl (C=O) groups excluding carboxylic acids is 1. The molecule has 2 aliphatic rings. The molecular formula is C22H23N3O2S. The van der Waals surface area contributed by atoms with E-state index in [0.717, 1.165) is 61.0 Å². The molecule has 6 heteroatoms. The van der Waals surface area contributed by atoms with E-state index in [9.17, 15) is 4.79 Å². The van der Waals surface area contributed by atoms with Gasteiger partial charge in [0.25, 0.3) is 0 Å². The summed E-state index contributed by atoms with van der Waals surface area (Å²) in [6, 6.07) is 16.3. The molecule has 1 fully saturated rings. The Bertz CT molecular complexity index is 961. The summed E-state index contributed by atoms with van der Waals surface area (Å²) in [6.45, 7) is 3.80. The van der Waals surface area contributed by atoms with E-state index < -0.39 is 0 Å². The smallest absolute Gasteiger partial charge is 0.226 e. The van der Waals surface area contributed by atoms with E-state index in [-0.39, 0.29) is 11.8 Å². The monoisotopic (exact) mass is 393 g/mol. The predicted molar refractivity (Wildman–Crippen MR) is 112 cm³/mol. The van der Waals surface area contributed by atoms with Crippen LogP contribution in [0.2, 0.25) is 0 Å². The minimum Gasteiger partial charge on any atom is -0.493 e. The minimum atomic E-state index is 0.0117. The number of amides is 1. The van der Waals surface area contributed by atoms with Gasteiger partial charge in [0.2, 0.25) is 5.91 Å². The average Bonchev–Trinajstić information content (AvgIpc) is 3.06. The van der Waals surface area contributed by atoms with Gasteiger partial charge < -0.3 is 14.5 Å². The third-order valence-corrected chi connectivity index (χ3v) is 6.75. The second kappa shape index (κ2) is 7.43. The molecule has 0 aliphatic carbocycles. The third kappa shape index (κ3) is 3.33. The van der Waals surface area contributed by atoms with Crippen LogP contribution >= 0.6 is 11.3 Å². The highest BCUT2D eigenvalue weighted by atomic mass is 32.1. The Morgan fingerprint density at radius 3 is 2.68 bits per heavy atom. The number of anilines is 1. The number of thiazole rings is 1. The largest absolute Gasteiger partial charge is 0.493 e. The van der Waals surface area contributed by atoms with Gasteiger partial charge in [0.15, 0.2) is 5.13 Å². The van der Waals surface area contributed by atoms with Crippen molar-refractivity contribution < 1.29 is 9.53 Å². The molecule has 1 atom stereocenters. The van der Waals surface area contributed by atoms with E-state index in [0.29, 0.717) is 6.61 Å². The number of carbonyl (C=O) groups is 1. The van der Waals surface area contributed by atoms with E-state index >= 15 is 0 Å². The standard InChI is InChI=1S/C22H23N3O2S/c26-21(17-9-14-27-19-7-3-1-5-16(19)15-17)24-10-12-25(13-11-24)22-23-18-6-2-4-8-20(18)28-22/h1-8,17H,9-15H2. The minimum absolute atomic E-state index is 0.0117. The number of fused-ring (bicyclic) bond motifs is 2. The second-order valence-corrected chi connectivity index (χ2v) is 8.43. The summed E-state index contributed by atoms with van der Waals surface area (Å²) in [5.41, 5.74) is 2.20. The molecule has 1 saturated heterocycles. The van der Waals surface area contributed by atoms with Gasteiger partial charge in [0.1, 0.15) is 5.75 Å². The first-order valence-corrected chi connectivity index (χ1v) is 10.7. The molecule has 3 aromatic rings. The Morgan fingerprint density at radius 1 is 1.04 bits per heavy atom. The summed E-state index contributed by atoms with van der Waals surface area (Å²) in [6.07, 6.45) is 1.55.